The van der Waals surface area contributed by atoms with Crippen LogP contribution in [-0.2, 0) is 5.75 Å². The van der Waals surface area contributed by atoms with Crippen molar-refractivity contribution in [3.63, 3.8) is 0 Å². The fourth-order valence-electron chi connectivity index (χ4n) is 2.21. The minimum atomic E-state index is -2.50. The lowest BCUT2D eigenvalue weighted by atomic mass is 9.94. The molecule has 0 spiro atoms. The van der Waals surface area contributed by atoms with E-state index in [2.05, 4.69) is 22.2 Å². The number of rotatable bonds is 4. The predicted octanol–water partition coefficient (Wildman–Crippen LogP) is 5.27. The van der Waals surface area contributed by atoms with Gasteiger partial charge in [-0.25, -0.2) is 8.78 Å². The highest BCUT2D eigenvalue weighted by atomic mass is 79.9. The van der Waals surface area contributed by atoms with Gasteiger partial charge in [0, 0.05) is 18.6 Å². The fourth-order valence-corrected chi connectivity index (χ4v) is 3.24. The summed E-state index contributed by atoms with van der Waals surface area (Å²) in [6, 6.07) is 5.97. The maximum atomic E-state index is 13.1. The van der Waals surface area contributed by atoms with Gasteiger partial charge in [-0.1, -0.05) is 6.07 Å². The molecule has 1 aliphatic carbocycles. The van der Waals surface area contributed by atoms with E-state index in [9.17, 15) is 8.78 Å². The number of halogens is 3. The molecule has 1 aromatic carbocycles. The van der Waals surface area contributed by atoms with Crippen LogP contribution >= 0.6 is 27.7 Å². The van der Waals surface area contributed by atoms with E-state index in [1.54, 1.807) is 11.8 Å². The van der Waals surface area contributed by atoms with Gasteiger partial charge < -0.3 is 4.74 Å². The van der Waals surface area contributed by atoms with E-state index in [1.807, 2.05) is 18.2 Å². The van der Waals surface area contributed by atoms with Crippen molar-refractivity contribution in [3.05, 3.63) is 28.2 Å². The van der Waals surface area contributed by atoms with Crippen LogP contribution in [0, 0.1) is 0 Å². The molecule has 0 saturated heterocycles. The predicted molar refractivity (Wildman–Crippen MR) is 79.2 cm³/mol. The summed E-state index contributed by atoms with van der Waals surface area (Å²) in [5.74, 6) is -0.798. The van der Waals surface area contributed by atoms with Gasteiger partial charge >= 0.3 is 0 Å². The Balaban J connectivity index is 1.96. The maximum Gasteiger partial charge on any atom is 0.248 e. The smallest absolute Gasteiger partial charge is 0.248 e. The van der Waals surface area contributed by atoms with Crippen LogP contribution in [0.2, 0.25) is 0 Å². The lowest BCUT2D eigenvalue weighted by molar-refractivity contribution is -0.0583. The molecule has 0 heterocycles. The second-order valence-corrected chi connectivity index (χ2v) is 6.59. The highest BCUT2D eigenvalue weighted by Gasteiger charge is 2.35. The number of ether oxygens (including phenoxy) is 1. The van der Waals surface area contributed by atoms with Crippen LogP contribution in [0.1, 0.15) is 31.2 Å². The molecule has 0 aliphatic heterocycles. The van der Waals surface area contributed by atoms with Gasteiger partial charge in [0.15, 0.2) is 0 Å². The summed E-state index contributed by atoms with van der Waals surface area (Å²) in [4.78, 5) is 0. The first-order valence-corrected chi connectivity index (χ1v) is 8.51. The Labute approximate surface area is 125 Å². The van der Waals surface area contributed by atoms with Crippen molar-refractivity contribution >= 4 is 27.7 Å². The molecule has 0 amide bonds. The molecule has 0 atom stereocenters. The summed E-state index contributed by atoms with van der Waals surface area (Å²) in [5, 5.41) is 0. The first kappa shape index (κ1) is 15.1. The van der Waals surface area contributed by atoms with E-state index >= 15 is 0 Å². The standard InChI is InChI=1S/C14H17BrF2OS/c1-19-9-10-2-3-13(12(15)8-10)18-11-4-6-14(16,17)7-5-11/h2-3,8,11H,4-7,9H2,1H3. The Morgan fingerprint density at radius 1 is 1.37 bits per heavy atom. The lowest BCUT2D eigenvalue weighted by Gasteiger charge is -2.29. The minimum Gasteiger partial charge on any atom is -0.489 e. The van der Waals surface area contributed by atoms with Crippen LogP contribution in [-0.4, -0.2) is 18.3 Å². The zero-order chi connectivity index (χ0) is 13.9. The average molecular weight is 351 g/mol. The second-order valence-electron chi connectivity index (χ2n) is 4.87. The molecule has 0 unspecified atom stereocenters. The van der Waals surface area contributed by atoms with Crippen molar-refractivity contribution in [2.24, 2.45) is 0 Å². The molecule has 1 aromatic rings. The van der Waals surface area contributed by atoms with Gasteiger partial charge in [-0.2, -0.15) is 11.8 Å². The fraction of sp³-hybridized carbons (Fsp3) is 0.571. The lowest BCUT2D eigenvalue weighted by Crippen LogP contribution is -2.30. The van der Waals surface area contributed by atoms with E-state index in [0.717, 1.165) is 16.0 Å². The largest absolute Gasteiger partial charge is 0.489 e. The first-order chi connectivity index (χ1) is 9.00. The highest BCUT2D eigenvalue weighted by Crippen LogP contribution is 2.36. The zero-order valence-electron chi connectivity index (χ0n) is 10.8. The van der Waals surface area contributed by atoms with Crippen molar-refractivity contribution in [2.45, 2.75) is 43.5 Å². The monoisotopic (exact) mass is 350 g/mol. The molecule has 106 valence electrons. The van der Waals surface area contributed by atoms with Crippen molar-refractivity contribution < 1.29 is 13.5 Å². The van der Waals surface area contributed by atoms with Crippen molar-refractivity contribution in [1.29, 1.82) is 0 Å². The van der Waals surface area contributed by atoms with Crippen molar-refractivity contribution in [3.8, 4) is 5.75 Å². The third kappa shape index (κ3) is 4.35. The number of hydrogen-bond acceptors (Lipinski definition) is 2. The van der Waals surface area contributed by atoms with E-state index < -0.39 is 5.92 Å². The van der Waals surface area contributed by atoms with E-state index in [1.165, 1.54) is 5.56 Å². The molecule has 19 heavy (non-hydrogen) atoms. The van der Waals surface area contributed by atoms with Gasteiger partial charge in [0.1, 0.15) is 5.75 Å². The number of benzene rings is 1. The van der Waals surface area contributed by atoms with E-state index in [0.29, 0.717) is 12.8 Å². The summed E-state index contributed by atoms with van der Waals surface area (Å²) in [6.45, 7) is 0. The molecule has 0 radical (unpaired) electrons. The molecule has 0 aromatic heterocycles. The molecule has 0 bridgehead atoms. The summed E-state index contributed by atoms with van der Waals surface area (Å²) >= 11 is 5.24. The van der Waals surface area contributed by atoms with Crippen molar-refractivity contribution in [2.75, 3.05) is 6.26 Å². The van der Waals surface area contributed by atoms with Gasteiger partial charge in [0.05, 0.1) is 10.6 Å². The topological polar surface area (TPSA) is 9.23 Å². The minimum absolute atomic E-state index is 0.0696. The Bertz CT molecular complexity index is 429. The molecule has 2 rings (SSSR count). The van der Waals surface area contributed by atoms with Crippen LogP contribution in [0.5, 0.6) is 5.75 Å². The second kappa shape index (κ2) is 6.44. The van der Waals surface area contributed by atoms with Crippen LogP contribution < -0.4 is 4.74 Å². The molecule has 1 saturated carbocycles. The molecular weight excluding hydrogens is 334 g/mol. The van der Waals surface area contributed by atoms with Crippen molar-refractivity contribution in [1.82, 2.24) is 0 Å². The average Bonchev–Trinajstić information content (AvgIpc) is 2.35. The summed E-state index contributed by atoms with van der Waals surface area (Å²) < 4.78 is 32.9. The molecular formula is C14H17BrF2OS. The summed E-state index contributed by atoms with van der Waals surface area (Å²) in [7, 11) is 0. The maximum absolute atomic E-state index is 13.1. The summed E-state index contributed by atoms with van der Waals surface area (Å²) in [6.07, 6.45) is 2.67. The first-order valence-electron chi connectivity index (χ1n) is 6.32. The Kier molecular flexibility index (Phi) is 5.12. The molecule has 0 N–H and O–H groups in total. The molecule has 1 fully saturated rings. The van der Waals surface area contributed by atoms with Gasteiger partial charge in [-0.05, 0) is 52.7 Å². The Hall–Kier alpha value is -0.290. The number of alkyl halides is 2. The zero-order valence-corrected chi connectivity index (χ0v) is 13.2. The van der Waals surface area contributed by atoms with Crippen LogP contribution in [0.25, 0.3) is 0 Å². The Morgan fingerprint density at radius 3 is 2.63 bits per heavy atom. The van der Waals surface area contributed by atoms with Gasteiger partial charge in [-0.15, -0.1) is 0 Å². The van der Waals surface area contributed by atoms with E-state index in [4.69, 9.17) is 4.74 Å². The third-order valence-corrected chi connectivity index (χ3v) is 4.51. The van der Waals surface area contributed by atoms with Crippen LogP contribution in [0.4, 0.5) is 8.78 Å². The van der Waals surface area contributed by atoms with Gasteiger partial charge in [0.25, 0.3) is 0 Å². The van der Waals surface area contributed by atoms with Gasteiger partial charge in [-0.3, -0.25) is 0 Å². The number of hydrogen-bond donors (Lipinski definition) is 0. The van der Waals surface area contributed by atoms with E-state index in [-0.39, 0.29) is 18.9 Å². The Morgan fingerprint density at radius 2 is 2.05 bits per heavy atom. The molecule has 1 nitrogen and oxygen atoms in total. The normalized spacial score (nSPS) is 19.4. The SMILES string of the molecule is CSCc1ccc(OC2CCC(F)(F)CC2)c(Br)c1. The summed E-state index contributed by atoms with van der Waals surface area (Å²) in [5.41, 5.74) is 1.22. The van der Waals surface area contributed by atoms with Crippen LogP contribution in [0.3, 0.4) is 0 Å². The molecule has 1 aliphatic rings. The highest BCUT2D eigenvalue weighted by molar-refractivity contribution is 9.10. The number of thioether (sulfide) groups is 1. The van der Waals surface area contributed by atoms with Crippen LogP contribution in [0.15, 0.2) is 22.7 Å². The quantitative estimate of drug-likeness (QED) is 0.731. The third-order valence-electron chi connectivity index (χ3n) is 3.27. The van der Waals surface area contributed by atoms with Gasteiger partial charge in [0.2, 0.25) is 5.92 Å². The molecule has 5 heteroatoms.